The van der Waals surface area contributed by atoms with Gasteiger partial charge in [-0.25, -0.2) is 4.98 Å². The van der Waals surface area contributed by atoms with Crippen molar-refractivity contribution in [1.29, 1.82) is 5.41 Å². The van der Waals surface area contributed by atoms with Crippen LogP contribution in [-0.4, -0.2) is 28.4 Å². The summed E-state index contributed by atoms with van der Waals surface area (Å²) in [6.07, 6.45) is 5.58. The SMILES string of the molecule is CC(C)N(CCC(=N)N)c1cnccn1. The van der Waals surface area contributed by atoms with Gasteiger partial charge in [0, 0.05) is 31.4 Å². The molecule has 0 saturated heterocycles. The van der Waals surface area contributed by atoms with Crippen molar-refractivity contribution in [3.8, 4) is 0 Å². The van der Waals surface area contributed by atoms with Gasteiger partial charge in [-0.05, 0) is 13.8 Å². The molecule has 0 fully saturated rings. The second kappa shape index (κ2) is 5.29. The minimum atomic E-state index is 0.199. The van der Waals surface area contributed by atoms with Crippen molar-refractivity contribution in [3.05, 3.63) is 18.6 Å². The summed E-state index contributed by atoms with van der Waals surface area (Å²) >= 11 is 0. The van der Waals surface area contributed by atoms with Crippen molar-refractivity contribution in [3.63, 3.8) is 0 Å². The van der Waals surface area contributed by atoms with E-state index in [2.05, 4.69) is 28.7 Å². The Bertz CT molecular complexity index is 309. The maximum atomic E-state index is 7.21. The van der Waals surface area contributed by atoms with Gasteiger partial charge in [-0.15, -0.1) is 0 Å². The molecule has 1 aromatic rings. The van der Waals surface area contributed by atoms with Crippen molar-refractivity contribution in [1.82, 2.24) is 9.97 Å². The molecule has 3 N–H and O–H groups in total. The van der Waals surface area contributed by atoms with Crippen molar-refractivity contribution in [2.24, 2.45) is 5.73 Å². The van der Waals surface area contributed by atoms with E-state index in [1.54, 1.807) is 18.6 Å². The summed E-state index contributed by atoms with van der Waals surface area (Å²) in [6, 6.07) is 0.320. The third kappa shape index (κ3) is 3.53. The summed E-state index contributed by atoms with van der Waals surface area (Å²) in [5, 5.41) is 7.21. The van der Waals surface area contributed by atoms with Crippen molar-refractivity contribution >= 4 is 11.7 Å². The normalized spacial score (nSPS) is 10.3. The summed E-state index contributed by atoms with van der Waals surface area (Å²) in [7, 11) is 0. The summed E-state index contributed by atoms with van der Waals surface area (Å²) in [4.78, 5) is 10.3. The first kappa shape index (κ1) is 11.4. The topological polar surface area (TPSA) is 78.9 Å². The summed E-state index contributed by atoms with van der Waals surface area (Å²) < 4.78 is 0. The lowest BCUT2D eigenvalue weighted by Gasteiger charge is -2.27. The van der Waals surface area contributed by atoms with Crippen molar-refractivity contribution < 1.29 is 0 Å². The zero-order valence-corrected chi connectivity index (χ0v) is 9.14. The summed E-state index contributed by atoms with van der Waals surface area (Å²) in [5.41, 5.74) is 5.34. The van der Waals surface area contributed by atoms with E-state index in [1.165, 1.54) is 0 Å². The molecule has 0 spiro atoms. The lowest BCUT2D eigenvalue weighted by atomic mass is 10.2. The highest BCUT2D eigenvalue weighted by Gasteiger charge is 2.11. The van der Waals surface area contributed by atoms with Crippen LogP contribution in [0.15, 0.2) is 18.6 Å². The molecule has 0 aliphatic rings. The van der Waals surface area contributed by atoms with Gasteiger partial charge in [0.1, 0.15) is 5.82 Å². The van der Waals surface area contributed by atoms with Gasteiger partial charge in [0.2, 0.25) is 0 Å². The monoisotopic (exact) mass is 207 g/mol. The number of hydrogen-bond acceptors (Lipinski definition) is 4. The predicted octanol–water partition coefficient (Wildman–Crippen LogP) is 1.02. The molecule has 0 bridgehead atoms. The van der Waals surface area contributed by atoms with E-state index in [-0.39, 0.29) is 5.84 Å². The number of rotatable bonds is 5. The number of nitrogens with one attached hydrogen (secondary N) is 1. The van der Waals surface area contributed by atoms with Gasteiger partial charge in [-0.2, -0.15) is 0 Å². The molecule has 0 atom stereocenters. The largest absolute Gasteiger partial charge is 0.388 e. The second-order valence-electron chi connectivity index (χ2n) is 3.63. The predicted molar refractivity (Wildman–Crippen MR) is 61.0 cm³/mol. The molecule has 1 aromatic heterocycles. The fraction of sp³-hybridized carbons (Fsp3) is 0.500. The summed E-state index contributed by atoms with van der Waals surface area (Å²) in [5.74, 6) is 1.03. The number of nitrogens with two attached hydrogens (primary N) is 1. The van der Waals surface area contributed by atoms with E-state index >= 15 is 0 Å². The van der Waals surface area contributed by atoms with Gasteiger partial charge in [0.15, 0.2) is 0 Å². The Morgan fingerprint density at radius 2 is 2.27 bits per heavy atom. The molecule has 0 unspecified atom stereocenters. The second-order valence-corrected chi connectivity index (χ2v) is 3.63. The van der Waals surface area contributed by atoms with Crippen LogP contribution in [0.1, 0.15) is 20.3 Å². The Labute approximate surface area is 89.8 Å². The highest BCUT2D eigenvalue weighted by Crippen LogP contribution is 2.11. The Morgan fingerprint density at radius 1 is 1.53 bits per heavy atom. The molecular weight excluding hydrogens is 190 g/mol. The minimum absolute atomic E-state index is 0.199. The van der Waals surface area contributed by atoms with Crippen LogP contribution >= 0.6 is 0 Å². The zero-order valence-electron chi connectivity index (χ0n) is 9.14. The molecule has 82 valence electrons. The quantitative estimate of drug-likeness (QED) is 0.558. The first-order valence-corrected chi connectivity index (χ1v) is 4.97. The van der Waals surface area contributed by atoms with Gasteiger partial charge in [-0.3, -0.25) is 10.4 Å². The average molecular weight is 207 g/mol. The number of aromatic nitrogens is 2. The van der Waals surface area contributed by atoms with Crippen LogP contribution in [0, 0.1) is 5.41 Å². The standard InChI is InChI=1S/C10H17N5/c1-8(2)15(6-3-9(11)12)10-7-13-4-5-14-10/h4-5,7-8H,3,6H2,1-2H3,(H3,11,12). The Kier molecular flexibility index (Phi) is 4.03. The Hall–Kier alpha value is -1.65. The van der Waals surface area contributed by atoms with Gasteiger partial charge in [0.05, 0.1) is 12.0 Å². The van der Waals surface area contributed by atoms with Crippen LogP contribution in [0.5, 0.6) is 0 Å². The molecule has 15 heavy (non-hydrogen) atoms. The Morgan fingerprint density at radius 3 is 2.73 bits per heavy atom. The number of nitrogens with zero attached hydrogens (tertiary/aromatic N) is 3. The molecule has 5 nitrogen and oxygen atoms in total. The molecule has 0 saturated carbocycles. The van der Waals surface area contributed by atoms with Crippen LogP contribution in [0.25, 0.3) is 0 Å². The highest BCUT2D eigenvalue weighted by molar-refractivity contribution is 5.77. The van der Waals surface area contributed by atoms with Gasteiger partial charge < -0.3 is 10.6 Å². The van der Waals surface area contributed by atoms with Crippen molar-refractivity contribution in [2.75, 3.05) is 11.4 Å². The third-order valence-corrected chi connectivity index (χ3v) is 2.09. The maximum Gasteiger partial charge on any atom is 0.147 e. The average Bonchev–Trinajstić information content (AvgIpc) is 2.18. The smallest absolute Gasteiger partial charge is 0.147 e. The van der Waals surface area contributed by atoms with E-state index in [1.807, 2.05) is 0 Å². The van der Waals surface area contributed by atoms with Crippen LogP contribution in [0.2, 0.25) is 0 Å². The molecule has 0 radical (unpaired) electrons. The van der Waals surface area contributed by atoms with Crippen LogP contribution in [0.4, 0.5) is 5.82 Å². The summed E-state index contributed by atoms with van der Waals surface area (Å²) in [6.45, 7) is 4.86. The highest BCUT2D eigenvalue weighted by atomic mass is 15.2. The van der Waals surface area contributed by atoms with E-state index < -0.39 is 0 Å². The first-order valence-electron chi connectivity index (χ1n) is 4.97. The van der Waals surface area contributed by atoms with Crippen LogP contribution in [0.3, 0.4) is 0 Å². The third-order valence-electron chi connectivity index (χ3n) is 2.09. The van der Waals surface area contributed by atoms with Crippen molar-refractivity contribution in [2.45, 2.75) is 26.3 Å². The van der Waals surface area contributed by atoms with E-state index in [0.29, 0.717) is 19.0 Å². The molecule has 1 rings (SSSR count). The molecule has 0 amide bonds. The van der Waals surface area contributed by atoms with Crippen LogP contribution in [-0.2, 0) is 0 Å². The maximum absolute atomic E-state index is 7.21. The van der Waals surface area contributed by atoms with Gasteiger partial charge in [-0.1, -0.05) is 0 Å². The van der Waals surface area contributed by atoms with Gasteiger partial charge in [0.25, 0.3) is 0 Å². The van der Waals surface area contributed by atoms with E-state index in [9.17, 15) is 0 Å². The lowest BCUT2D eigenvalue weighted by Crippen LogP contribution is -2.34. The molecule has 0 aliphatic heterocycles. The first-order chi connectivity index (χ1) is 7.11. The number of amidine groups is 1. The Balaban J connectivity index is 2.70. The number of anilines is 1. The van der Waals surface area contributed by atoms with E-state index in [4.69, 9.17) is 11.1 Å². The lowest BCUT2D eigenvalue weighted by molar-refractivity contribution is 0.677. The molecule has 1 heterocycles. The zero-order chi connectivity index (χ0) is 11.3. The fourth-order valence-electron chi connectivity index (χ4n) is 1.32. The molecule has 5 heteroatoms. The number of hydrogen-bond donors (Lipinski definition) is 2. The molecule has 0 aromatic carbocycles. The van der Waals surface area contributed by atoms with Gasteiger partial charge >= 0.3 is 0 Å². The van der Waals surface area contributed by atoms with Crippen LogP contribution < -0.4 is 10.6 Å². The fourth-order valence-corrected chi connectivity index (χ4v) is 1.32. The van der Waals surface area contributed by atoms with E-state index in [0.717, 1.165) is 5.82 Å². The molecular formula is C10H17N5. The molecule has 0 aliphatic carbocycles. The minimum Gasteiger partial charge on any atom is -0.388 e.